The zero-order valence-corrected chi connectivity index (χ0v) is 24.1. The van der Waals surface area contributed by atoms with Gasteiger partial charge in [0.1, 0.15) is 29.8 Å². The van der Waals surface area contributed by atoms with Crippen molar-refractivity contribution in [3.05, 3.63) is 58.6 Å². The molecule has 10 nitrogen and oxygen atoms in total. The molecule has 5 rings (SSSR count). The van der Waals surface area contributed by atoms with Crippen molar-refractivity contribution in [3.63, 3.8) is 0 Å². The minimum Gasteiger partial charge on any atom is -0.460 e. The summed E-state index contributed by atoms with van der Waals surface area (Å²) in [5.41, 5.74) is -0.507. The Morgan fingerprint density at radius 2 is 1.90 bits per heavy atom. The average Bonchev–Trinajstić information content (AvgIpc) is 3.53. The summed E-state index contributed by atoms with van der Waals surface area (Å²) in [6.45, 7) is 3.62. The molecule has 7 atom stereocenters. The van der Waals surface area contributed by atoms with Crippen LogP contribution >= 0.6 is 15.9 Å². The normalized spacial score (nSPS) is 34.3. The van der Waals surface area contributed by atoms with Gasteiger partial charge >= 0.3 is 5.97 Å². The zero-order valence-electron chi connectivity index (χ0n) is 22.5. The molecule has 2 saturated heterocycles. The van der Waals surface area contributed by atoms with Gasteiger partial charge in [0, 0.05) is 24.0 Å². The Hall–Kier alpha value is -3.02. The van der Waals surface area contributed by atoms with Crippen LogP contribution in [0.2, 0.25) is 0 Å². The van der Waals surface area contributed by atoms with Gasteiger partial charge in [0.15, 0.2) is 0 Å². The number of aliphatic hydroxyl groups is 1. The summed E-state index contributed by atoms with van der Waals surface area (Å²) in [6.07, 6.45) is 4.74. The van der Waals surface area contributed by atoms with E-state index in [9.17, 15) is 24.3 Å². The second kappa shape index (κ2) is 11.5. The standard InChI is InChI=1S/C29H34BrN3O7/c1-17(16-34)33-25-27(37)32(15-19-9-5-3-6-10-19)12-8-4-7-11-21(35)31-14-18(2)39-28(38)22-23(26(33)36)29(25)13-20(30)24(22)40-29/h3-6,8-10,13,17-18,22-25,34H,7,11-12,14-16H2,1-2H3,(H,31,35)/b8-4-/t17-,18-,22+,23-,24+,25+,29-/m1/s1. The van der Waals surface area contributed by atoms with Crippen molar-refractivity contribution in [1.82, 2.24) is 15.1 Å². The number of nitrogens with zero attached hydrogens (tertiary/aromatic N) is 2. The molecule has 1 spiro atoms. The Bertz CT molecular complexity index is 1240. The van der Waals surface area contributed by atoms with Crippen molar-refractivity contribution in [3.8, 4) is 0 Å². The molecule has 2 fully saturated rings. The lowest BCUT2D eigenvalue weighted by Gasteiger charge is -2.37. The number of carbonyl (C=O) groups excluding carboxylic acids is 4. The van der Waals surface area contributed by atoms with Crippen LogP contribution in [0.5, 0.6) is 0 Å². The van der Waals surface area contributed by atoms with Gasteiger partial charge in [-0.05, 0) is 31.9 Å². The number of amides is 3. The number of cyclic esters (lactones) is 1. The van der Waals surface area contributed by atoms with Gasteiger partial charge in [-0.25, -0.2) is 0 Å². The van der Waals surface area contributed by atoms with Crippen LogP contribution in [0, 0.1) is 11.8 Å². The highest BCUT2D eigenvalue weighted by molar-refractivity contribution is 9.11. The number of halogens is 1. The van der Waals surface area contributed by atoms with Crippen molar-refractivity contribution in [2.75, 3.05) is 19.7 Å². The fourth-order valence-electron chi connectivity index (χ4n) is 6.18. The van der Waals surface area contributed by atoms with Gasteiger partial charge in [0.25, 0.3) is 0 Å². The molecule has 0 saturated carbocycles. The number of carbonyl (C=O) groups is 4. The lowest BCUT2D eigenvalue weighted by Crippen LogP contribution is -2.57. The van der Waals surface area contributed by atoms with Crippen LogP contribution < -0.4 is 5.32 Å². The molecule has 0 unspecified atom stereocenters. The molecule has 0 aromatic heterocycles. The smallest absolute Gasteiger partial charge is 0.313 e. The number of hydrogen-bond acceptors (Lipinski definition) is 7. The van der Waals surface area contributed by atoms with Crippen molar-refractivity contribution in [2.45, 2.75) is 63.1 Å². The highest BCUT2D eigenvalue weighted by atomic mass is 79.9. The van der Waals surface area contributed by atoms with Crippen LogP contribution in [0.15, 0.2) is 53.0 Å². The maximum absolute atomic E-state index is 14.5. The number of hydrogen-bond donors (Lipinski definition) is 2. The second-order valence-corrected chi connectivity index (χ2v) is 11.8. The van der Waals surface area contributed by atoms with Gasteiger partial charge in [0.2, 0.25) is 17.7 Å². The summed E-state index contributed by atoms with van der Waals surface area (Å²) >= 11 is 3.52. The molecule has 214 valence electrons. The van der Waals surface area contributed by atoms with E-state index in [1.807, 2.05) is 42.5 Å². The number of allylic oxidation sites excluding steroid dienone is 1. The van der Waals surface area contributed by atoms with Crippen LogP contribution in [-0.4, -0.2) is 88.2 Å². The molecule has 40 heavy (non-hydrogen) atoms. The molecule has 0 aliphatic carbocycles. The third-order valence-electron chi connectivity index (χ3n) is 8.07. The van der Waals surface area contributed by atoms with E-state index in [1.165, 1.54) is 4.90 Å². The second-order valence-electron chi connectivity index (χ2n) is 10.9. The van der Waals surface area contributed by atoms with E-state index in [1.54, 1.807) is 24.8 Å². The number of fused-ring (bicyclic) bond motifs is 2. The van der Waals surface area contributed by atoms with Crippen LogP contribution in [-0.2, 0) is 35.2 Å². The summed E-state index contributed by atoms with van der Waals surface area (Å²) in [6, 6.07) is 7.71. The largest absolute Gasteiger partial charge is 0.460 e. The molecule has 3 amide bonds. The fraction of sp³-hybridized carbons (Fsp3) is 0.517. The van der Waals surface area contributed by atoms with Crippen molar-refractivity contribution >= 4 is 39.6 Å². The third kappa shape index (κ3) is 4.99. The van der Waals surface area contributed by atoms with Gasteiger partial charge in [-0.3, -0.25) is 19.2 Å². The number of rotatable bonds is 4. The maximum Gasteiger partial charge on any atom is 0.313 e. The predicted octanol–water partition coefficient (Wildman–Crippen LogP) is 1.67. The molecule has 11 heteroatoms. The Labute approximate surface area is 241 Å². The maximum atomic E-state index is 14.5. The Morgan fingerprint density at radius 1 is 1.15 bits per heavy atom. The summed E-state index contributed by atoms with van der Waals surface area (Å²) in [5.74, 6) is -3.59. The van der Waals surface area contributed by atoms with Crippen LogP contribution in [0.25, 0.3) is 0 Å². The van der Waals surface area contributed by atoms with Crippen LogP contribution in [0.4, 0.5) is 0 Å². The van der Waals surface area contributed by atoms with E-state index < -0.39 is 53.6 Å². The quantitative estimate of drug-likeness (QED) is 0.390. The highest BCUT2D eigenvalue weighted by Crippen LogP contribution is 2.59. The first-order valence-corrected chi connectivity index (χ1v) is 14.4. The summed E-state index contributed by atoms with van der Waals surface area (Å²) in [5, 5.41) is 12.9. The lowest BCUT2D eigenvalue weighted by atomic mass is 9.74. The third-order valence-corrected chi connectivity index (χ3v) is 8.75. The van der Waals surface area contributed by atoms with Gasteiger partial charge in [-0.1, -0.05) is 58.4 Å². The highest BCUT2D eigenvalue weighted by Gasteiger charge is 2.75. The van der Waals surface area contributed by atoms with Gasteiger partial charge in [-0.2, -0.15) is 0 Å². The van der Waals surface area contributed by atoms with E-state index in [-0.39, 0.29) is 44.5 Å². The van der Waals surface area contributed by atoms with Crippen molar-refractivity contribution < 1.29 is 33.8 Å². The molecule has 1 aromatic carbocycles. The lowest BCUT2D eigenvalue weighted by molar-refractivity contribution is -0.159. The van der Waals surface area contributed by atoms with Gasteiger partial charge < -0.3 is 29.7 Å². The number of esters is 1. The fourth-order valence-corrected chi connectivity index (χ4v) is 6.91. The van der Waals surface area contributed by atoms with E-state index in [0.29, 0.717) is 10.9 Å². The Morgan fingerprint density at radius 3 is 2.62 bits per heavy atom. The molecule has 4 heterocycles. The summed E-state index contributed by atoms with van der Waals surface area (Å²) in [4.78, 5) is 57.4. The molecule has 1 aromatic rings. The van der Waals surface area contributed by atoms with Crippen molar-refractivity contribution in [2.24, 2.45) is 11.8 Å². The minimum absolute atomic E-state index is 0.132. The number of nitrogens with one attached hydrogen (secondary N) is 1. The molecular weight excluding hydrogens is 582 g/mol. The van der Waals surface area contributed by atoms with Crippen LogP contribution in [0.1, 0.15) is 32.3 Å². The first-order valence-electron chi connectivity index (χ1n) is 13.6. The van der Waals surface area contributed by atoms with Crippen molar-refractivity contribution in [1.29, 1.82) is 0 Å². The van der Waals surface area contributed by atoms with E-state index >= 15 is 0 Å². The molecular formula is C29H34BrN3O7. The number of aliphatic hydroxyl groups excluding tert-OH is 1. The average molecular weight is 617 g/mol. The Kier molecular flexibility index (Phi) is 8.17. The molecule has 2 N–H and O–H groups in total. The van der Waals surface area contributed by atoms with Crippen LogP contribution in [0.3, 0.4) is 0 Å². The topological polar surface area (TPSA) is 125 Å². The van der Waals surface area contributed by atoms with Gasteiger partial charge in [-0.15, -0.1) is 0 Å². The van der Waals surface area contributed by atoms with E-state index in [0.717, 1.165) is 5.56 Å². The molecule has 0 radical (unpaired) electrons. The molecule has 4 aliphatic rings. The predicted molar refractivity (Wildman–Crippen MR) is 148 cm³/mol. The summed E-state index contributed by atoms with van der Waals surface area (Å²) in [7, 11) is 0. The monoisotopic (exact) mass is 615 g/mol. The summed E-state index contributed by atoms with van der Waals surface area (Å²) < 4.78 is 12.7. The van der Waals surface area contributed by atoms with Gasteiger partial charge in [0.05, 0.1) is 25.1 Å². The first kappa shape index (κ1) is 28.5. The molecule has 4 aliphatic heterocycles. The minimum atomic E-state index is -1.41. The van der Waals surface area contributed by atoms with E-state index in [4.69, 9.17) is 9.47 Å². The Balaban J connectivity index is 1.59. The molecule has 5 bridgehead atoms. The first-order chi connectivity index (χ1) is 19.2. The number of ether oxygens (including phenoxy) is 2. The number of benzene rings is 1. The number of likely N-dealkylation sites (tertiary alicyclic amines) is 1. The SMILES string of the molecule is C[C@@H]1CNC(=O)CC/C=C\CN(Cc2ccccc2)C(=O)[C@@H]2N([C@H](C)CO)C(=O)[C@H]3[C@H](C(=O)O1)[C@H]1O[C@@]23C=C1Br. The zero-order chi connectivity index (χ0) is 28.6. The van der Waals surface area contributed by atoms with E-state index in [2.05, 4.69) is 21.2 Å².